The predicted octanol–water partition coefficient (Wildman–Crippen LogP) is 2.06. The van der Waals surface area contributed by atoms with Crippen LogP contribution in [0.15, 0.2) is 21.7 Å². The highest BCUT2D eigenvalue weighted by Gasteiger charge is 2.15. The molecule has 1 aromatic heterocycles. The topological polar surface area (TPSA) is 99.0 Å². The van der Waals surface area contributed by atoms with Gasteiger partial charge < -0.3 is 25.3 Å². The number of nitrogens with zero attached hydrogens (tertiary/aromatic N) is 2. The number of furan rings is 1. The maximum atomic E-state index is 12.0. The monoisotopic (exact) mass is 405 g/mol. The van der Waals surface area contributed by atoms with Gasteiger partial charge in [-0.3, -0.25) is 14.6 Å². The lowest BCUT2D eigenvalue weighted by atomic mass is 10.2. The summed E-state index contributed by atoms with van der Waals surface area (Å²) in [4.78, 5) is 30.6. The van der Waals surface area contributed by atoms with Gasteiger partial charge in [0.15, 0.2) is 11.7 Å². The summed E-state index contributed by atoms with van der Waals surface area (Å²) in [6, 6.07) is 1.78. The molecule has 0 atom stereocenters. The van der Waals surface area contributed by atoms with Crippen LogP contribution in [0.4, 0.5) is 0 Å². The largest absolute Gasteiger partial charge is 0.459 e. The molecule has 1 fully saturated rings. The third-order valence-corrected chi connectivity index (χ3v) is 4.87. The molecule has 162 valence electrons. The first-order valence-electron chi connectivity index (χ1n) is 10.7. The number of guanidine groups is 1. The molecule has 29 heavy (non-hydrogen) atoms. The van der Waals surface area contributed by atoms with Gasteiger partial charge in [-0.2, -0.15) is 0 Å². The van der Waals surface area contributed by atoms with Crippen molar-refractivity contribution >= 4 is 17.8 Å². The maximum absolute atomic E-state index is 12.0. The van der Waals surface area contributed by atoms with Crippen LogP contribution in [0.25, 0.3) is 0 Å². The van der Waals surface area contributed by atoms with Gasteiger partial charge in [-0.1, -0.05) is 6.42 Å². The minimum Gasteiger partial charge on any atom is -0.459 e. The molecule has 0 unspecified atom stereocenters. The van der Waals surface area contributed by atoms with Crippen molar-refractivity contribution in [3.8, 4) is 0 Å². The Labute approximate surface area is 173 Å². The molecule has 8 heteroatoms. The number of aryl methyl sites for hydroxylation is 1. The van der Waals surface area contributed by atoms with Crippen LogP contribution in [0.2, 0.25) is 0 Å². The molecule has 2 heterocycles. The molecule has 0 aliphatic carbocycles. The van der Waals surface area contributed by atoms with Crippen molar-refractivity contribution in [2.45, 2.75) is 52.4 Å². The van der Waals surface area contributed by atoms with E-state index in [4.69, 9.17) is 4.42 Å². The fourth-order valence-corrected chi connectivity index (χ4v) is 3.25. The van der Waals surface area contributed by atoms with E-state index in [1.165, 1.54) is 6.26 Å². The second-order valence-corrected chi connectivity index (χ2v) is 7.27. The van der Waals surface area contributed by atoms with Crippen molar-refractivity contribution in [2.24, 2.45) is 4.99 Å². The number of nitrogens with one attached hydrogen (secondary N) is 3. The summed E-state index contributed by atoms with van der Waals surface area (Å²) in [5.41, 5.74) is 0.837. The van der Waals surface area contributed by atoms with Crippen LogP contribution in [0.5, 0.6) is 0 Å². The first kappa shape index (κ1) is 22.8. The van der Waals surface area contributed by atoms with Gasteiger partial charge in [0.1, 0.15) is 0 Å². The third kappa shape index (κ3) is 8.17. The molecule has 1 aliphatic rings. The Hall–Kier alpha value is -2.51. The zero-order chi connectivity index (χ0) is 20.9. The molecule has 1 aliphatic heterocycles. The zero-order valence-electron chi connectivity index (χ0n) is 17.8. The van der Waals surface area contributed by atoms with Crippen molar-refractivity contribution in [1.82, 2.24) is 20.9 Å². The van der Waals surface area contributed by atoms with Gasteiger partial charge >= 0.3 is 0 Å². The highest BCUT2D eigenvalue weighted by atomic mass is 16.3. The number of carbonyl (C=O) groups is 2. The van der Waals surface area contributed by atoms with E-state index in [1.54, 1.807) is 6.07 Å². The van der Waals surface area contributed by atoms with Crippen LogP contribution in [0.3, 0.4) is 0 Å². The molecule has 3 N–H and O–H groups in total. The summed E-state index contributed by atoms with van der Waals surface area (Å²) in [7, 11) is 0. The molecule has 0 spiro atoms. The summed E-state index contributed by atoms with van der Waals surface area (Å²) >= 11 is 0. The third-order valence-electron chi connectivity index (χ3n) is 4.87. The Kier molecular flexibility index (Phi) is 10.1. The Bertz CT molecular complexity index is 671. The van der Waals surface area contributed by atoms with Crippen LogP contribution in [0, 0.1) is 6.92 Å². The van der Waals surface area contributed by atoms with Gasteiger partial charge in [0, 0.05) is 51.3 Å². The molecule has 2 rings (SSSR count). The van der Waals surface area contributed by atoms with Gasteiger partial charge in [0.25, 0.3) is 5.91 Å². The molecule has 0 aromatic carbocycles. The van der Waals surface area contributed by atoms with E-state index in [9.17, 15) is 9.59 Å². The fourth-order valence-electron chi connectivity index (χ4n) is 3.25. The predicted molar refractivity (Wildman–Crippen MR) is 114 cm³/mol. The van der Waals surface area contributed by atoms with E-state index >= 15 is 0 Å². The number of likely N-dealkylation sites (tertiary alicyclic amines) is 1. The maximum Gasteiger partial charge on any atom is 0.287 e. The van der Waals surface area contributed by atoms with E-state index in [0.717, 1.165) is 63.3 Å². The molecule has 2 amide bonds. The van der Waals surface area contributed by atoms with Crippen molar-refractivity contribution in [3.63, 3.8) is 0 Å². The van der Waals surface area contributed by atoms with Crippen molar-refractivity contribution in [2.75, 3.05) is 39.3 Å². The molecular weight excluding hydrogens is 370 g/mol. The summed E-state index contributed by atoms with van der Waals surface area (Å²) in [6.45, 7) is 8.25. The number of aliphatic imine (C=N–C) groups is 1. The normalized spacial score (nSPS) is 15.2. The van der Waals surface area contributed by atoms with Crippen molar-refractivity contribution < 1.29 is 14.0 Å². The van der Waals surface area contributed by atoms with Crippen LogP contribution in [-0.2, 0) is 4.79 Å². The summed E-state index contributed by atoms with van der Waals surface area (Å²) < 4.78 is 5.18. The van der Waals surface area contributed by atoms with Crippen molar-refractivity contribution in [1.29, 1.82) is 0 Å². The van der Waals surface area contributed by atoms with Gasteiger partial charge in [-0.25, -0.2) is 0 Å². The lowest BCUT2D eigenvalue weighted by molar-refractivity contribution is -0.130. The van der Waals surface area contributed by atoms with Crippen LogP contribution < -0.4 is 16.0 Å². The summed E-state index contributed by atoms with van der Waals surface area (Å²) in [6.07, 6.45) is 7.12. The molecule has 0 saturated carbocycles. The SMILES string of the molecule is CCNC(=NCCCN1CCCCCC1=O)NCCCNC(=O)c1occc1C. The van der Waals surface area contributed by atoms with E-state index in [0.29, 0.717) is 31.8 Å². The fraction of sp³-hybridized carbons (Fsp3) is 0.667. The molecule has 0 radical (unpaired) electrons. The Morgan fingerprint density at radius 1 is 1.17 bits per heavy atom. The number of hydrogen-bond donors (Lipinski definition) is 3. The Balaban J connectivity index is 1.63. The minimum absolute atomic E-state index is 0.184. The smallest absolute Gasteiger partial charge is 0.287 e. The first-order chi connectivity index (χ1) is 14.1. The van der Waals surface area contributed by atoms with E-state index in [-0.39, 0.29) is 11.8 Å². The molecule has 1 saturated heterocycles. The number of hydrogen-bond acceptors (Lipinski definition) is 4. The highest BCUT2D eigenvalue weighted by Crippen LogP contribution is 2.11. The van der Waals surface area contributed by atoms with Gasteiger partial charge in [-0.15, -0.1) is 0 Å². The van der Waals surface area contributed by atoms with E-state index in [1.807, 2.05) is 18.7 Å². The van der Waals surface area contributed by atoms with Crippen molar-refractivity contribution in [3.05, 3.63) is 23.7 Å². The second kappa shape index (κ2) is 12.9. The zero-order valence-corrected chi connectivity index (χ0v) is 17.8. The lowest BCUT2D eigenvalue weighted by Crippen LogP contribution is -2.39. The first-order valence-corrected chi connectivity index (χ1v) is 10.7. The summed E-state index contributed by atoms with van der Waals surface area (Å²) in [5.74, 6) is 1.23. The second-order valence-electron chi connectivity index (χ2n) is 7.27. The standard InChI is InChI=1S/C21H35N5O3/c1-3-22-21(25-13-8-15-26-14-6-4-5-9-18(26)27)24-12-7-11-23-20(28)19-17(2)10-16-29-19/h10,16H,3-9,11-15H2,1-2H3,(H,23,28)(H2,22,24,25). The summed E-state index contributed by atoms with van der Waals surface area (Å²) in [5, 5.41) is 9.37. The quantitative estimate of drug-likeness (QED) is 0.314. The van der Waals surface area contributed by atoms with Gasteiger partial charge in [-0.05, 0) is 45.6 Å². The molecular formula is C21H35N5O3. The molecule has 8 nitrogen and oxygen atoms in total. The van der Waals surface area contributed by atoms with E-state index in [2.05, 4.69) is 20.9 Å². The average Bonchev–Trinajstić information content (AvgIpc) is 3.03. The minimum atomic E-state index is -0.184. The molecule has 0 bridgehead atoms. The lowest BCUT2D eigenvalue weighted by Gasteiger charge is -2.20. The van der Waals surface area contributed by atoms with Crippen LogP contribution >= 0.6 is 0 Å². The van der Waals surface area contributed by atoms with Crippen LogP contribution in [0.1, 0.15) is 61.6 Å². The highest BCUT2D eigenvalue weighted by molar-refractivity contribution is 5.92. The van der Waals surface area contributed by atoms with Crippen LogP contribution in [-0.4, -0.2) is 61.9 Å². The van der Waals surface area contributed by atoms with Gasteiger partial charge in [0.05, 0.1) is 6.26 Å². The number of rotatable bonds is 10. The number of amides is 2. The van der Waals surface area contributed by atoms with E-state index < -0.39 is 0 Å². The number of carbonyl (C=O) groups excluding carboxylic acids is 2. The Morgan fingerprint density at radius 2 is 2.00 bits per heavy atom. The Morgan fingerprint density at radius 3 is 2.76 bits per heavy atom. The molecule has 1 aromatic rings. The van der Waals surface area contributed by atoms with Gasteiger partial charge in [0.2, 0.25) is 5.91 Å². The average molecular weight is 406 g/mol.